The van der Waals surface area contributed by atoms with Gasteiger partial charge in [-0.15, -0.1) is 0 Å². The Bertz CT molecular complexity index is 1290. The van der Waals surface area contributed by atoms with E-state index in [-0.39, 0.29) is 5.56 Å². The van der Waals surface area contributed by atoms with E-state index in [0.29, 0.717) is 40.0 Å². The average Bonchev–Trinajstić information content (AvgIpc) is 2.79. The number of ether oxygens (including phenoxy) is 1. The van der Waals surface area contributed by atoms with Crippen LogP contribution in [0.5, 0.6) is 5.75 Å². The fourth-order valence-electron chi connectivity index (χ4n) is 3.05. The van der Waals surface area contributed by atoms with Gasteiger partial charge in [0.15, 0.2) is 0 Å². The van der Waals surface area contributed by atoms with Crippen LogP contribution < -0.4 is 10.3 Å². The molecule has 0 aliphatic carbocycles. The first-order valence-corrected chi connectivity index (χ1v) is 9.58. The average molecular weight is 397 g/mol. The lowest BCUT2D eigenvalue weighted by molar-refractivity contribution is 0.0734. The van der Waals surface area contributed by atoms with Crippen LogP contribution in [0.1, 0.15) is 28.7 Å². The van der Waals surface area contributed by atoms with Crippen molar-refractivity contribution in [3.05, 3.63) is 106 Å². The highest BCUT2D eigenvalue weighted by Crippen LogP contribution is 2.18. The van der Waals surface area contributed by atoms with E-state index in [1.165, 1.54) is 10.9 Å². The van der Waals surface area contributed by atoms with Crippen molar-refractivity contribution in [3.63, 3.8) is 0 Å². The Kier molecular flexibility index (Phi) is 5.48. The smallest absolute Gasteiger partial charge is 0.343 e. The number of hydrogen-bond donors (Lipinski definition) is 0. The lowest BCUT2D eigenvalue weighted by Gasteiger charge is -2.09. The van der Waals surface area contributed by atoms with E-state index in [0.717, 1.165) is 0 Å². The molecule has 0 aliphatic heterocycles. The molecule has 0 saturated heterocycles. The Morgan fingerprint density at radius 2 is 1.70 bits per heavy atom. The van der Waals surface area contributed by atoms with E-state index < -0.39 is 5.97 Å². The van der Waals surface area contributed by atoms with Crippen molar-refractivity contribution in [1.29, 1.82) is 0 Å². The fourth-order valence-corrected chi connectivity index (χ4v) is 3.05. The van der Waals surface area contributed by atoms with Gasteiger partial charge in [0.05, 0.1) is 22.7 Å². The largest absolute Gasteiger partial charge is 0.422 e. The number of aryl methyl sites for hydroxylation is 1. The molecule has 3 aromatic carbocycles. The van der Waals surface area contributed by atoms with Crippen molar-refractivity contribution in [1.82, 2.24) is 9.66 Å². The summed E-state index contributed by atoms with van der Waals surface area (Å²) in [5.41, 5.74) is 1.42. The van der Waals surface area contributed by atoms with Gasteiger partial charge in [-0.05, 0) is 36.4 Å². The quantitative estimate of drug-likeness (QED) is 0.289. The molecule has 0 bridgehead atoms. The monoisotopic (exact) mass is 397 g/mol. The van der Waals surface area contributed by atoms with Crippen molar-refractivity contribution in [2.45, 2.75) is 13.3 Å². The highest BCUT2D eigenvalue weighted by Gasteiger charge is 2.11. The molecule has 1 heterocycles. The van der Waals surface area contributed by atoms with Gasteiger partial charge >= 0.3 is 5.97 Å². The van der Waals surface area contributed by atoms with Gasteiger partial charge in [0.1, 0.15) is 11.6 Å². The van der Waals surface area contributed by atoms with Gasteiger partial charge in [0, 0.05) is 12.0 Å². The highest BCUT2D eigenvalue weighted by molar-refractivity contribution is 5.93. The van der Waals surface area contributed by atoms with Crippen LogP contribution in [-0.2, 0) is 6.42 Å². The van der Waals surface area contributed by atoms with E-state index in [1.807, 2.05) is 31.2 Å². The predicted octanol–water partition coefficient (Wildman–Crippen LogP) is 4.06. The van der Waals surface area contributed by atoms with Gasteiger partial charge in [-0.2, -0.15) is 9.78 Å². The second-order valence-electron chi connectivity index (χ2n) is 6.55. The van der Waals surface area contributed by atoms with Crippen molar-refractivity contribution in [2.75, 3.05) is 0 Å². The van der Waals surface area contributed by atoms with Crippen molar-refractivity contribution >= 4 is 23.1 Å². The zero-order valence-corrected chi connectivity index (χ0v) is 16.4. The number of benzene rings is 3. The van der Waals surface area contributed by atoms with Crippen LogP contribution in [0.25, 0.3) is 10.9 Å². The molecule has 6 heteroatoms. The van der Waals surface area contributed by atoms with Gasteiger partial charge in [-0.1, -0.05) is 49.4 Å². The maximum absolute atomic E-state index is 12.9. The van der Waals surface area contributed by atoms with Crippen LogP contribution in [0.3, 0.4) is 0 Å². The molecule has 6 nitrogen and oxygen atoms in total. The first-order valence-electron chi connectivity index (χ1n) is 9.58. The molecule has 4 rings (SSSR count). The summed E-state index contributed by atoms with van der Waals surface area (Å²) in [7, 11) is 0. The number of para-hydroxylation sites is 2. The number of nitrogens with zero attached hydrogens (tertiary/aromatic N) is 3. The van der Waals surface area contributed by atoms with E-state index >= 15 is 0 Å². The molecule has 0 spiro atoms. The first-order chi connectivity index (χ1) is 14.7. The molecule has 0 N–H and O–H groups in total. The topological polar surface area (TPSA) is 73.6 Å². The van der Waals surface area contributed by atoms with Crippen LogP contribution in [0.4, 0.5) is 0 Å². The first kappa shape index (κ1) is 19.3. The summed E-state index contributed by atoms with van der Waals surface area (Å²) in [4.78, 5) is 29.9. The summed E-state index contributed by atoms with van der Waals surface area (Å²) in [5, 5.41) is 4.86. The molecule has 0 fully saturated rings. The van der Waals surface area contributed by atoms with Crippen LogP contribution in [0.2, 0.25) is 0 Å². The molecule has 1 aromatic heterocycles. The van der Waals surface area contributed by atoms with Crippen LogP contribution >= 0.6 is 0 Å². The predicted molar refractivity (Wildman–Crippen MR) is 116 cm³/mol. The molecule has 30 heavy (non-hydrogen) atoms. The van der Waals surface area contributed by atoms with Gasteiger partial charge in [-0.25, -0.2) is 9.78 Å². The molecule has 148 valence electrons. The lowest BCUT2D eigenvalue weighted by atomic mass is 10.2. The Morgan fingerprint density at radius 1 is 1.00 bits per heavy atom. The van der Waals surface area contributed by atoms with Crippen LogP contribution in [0.15, 0.2) is 88.8 Å². The van der Waals surface area contributed by atoms with Crippen molar-refractivity contribution < 1.29 is 9.53 Å². The summed E-state index contributed by atoms with van der Waals surface area (Å²) < 4.78 is 6.83. The highest BCUT2D eigenvalue weighted by atomic mass is 16.5. The van der Waals surface area contributed by atoms with Gasteiger partial charge in [0.2, 0.25) is 0 Å². The lowest BCUT2D eigenvalue weighted by Crippen LogP contribution is -2.22. The number of esters is 1. The Balaban J connectivity index is 1.70. The maximum Gasteiger partial charge on any atom is 0.343 e. The molecule has 0 radical (unpaired) electrons. The fraction of sp³-hybridized carbons (Fsp3) is 0.0833. The van der Waals surface area contributed by atoms with Crippen molar-refractivity contribution in [3.8, 4) is 5.75 Å². The Morgan fingerprint density at radius 3 is 2.50 bits per heavy atom. The second kappa shape index (κ2) is 8.53. The number of fused-ring (bicyclic) bond motifs is 1. The molecule has 0 unspecified atom stereocenters. The summed E-state index contributed by atoms with van der Waals surface area (Å²) in [6.07, 6.45) is 2.05. The molecular weight excluding hydrogens is 378 g/mol. The SMILES string of the molecule is CCc1nc2ccccc2c(=O)n1N=Cc1ccccc1OC(=O)c1ccccc1. The standard InChI is InChI=1S/C24H19N3O3/c1-2-22-26-20-14-8-7-13-19(20)23(28)27(22)25-16-18-12-6-9-15-21(18)30-24(29)17-10-4-3-5-11-17/h3-16H,2H2,1H3. The normalized spacial score (nSPS) is 11.1. The Labute approximate surface area is 173 Å². The molecule has 0 saturated carbocycles. The number of aromatic nitrogens is 2. The number of carbonyl (C=O) groups is 1. The minimum absolute atomic E-state index is 0.243. The summed E-state index contributed by atoms with van der Waals surface area (Å²) >= 11 is 0. The summed E-state index contributed by atoms with van der Waals surface area (Å²) in [6, 6.07) is 23.0. The third kappa shape index (κ3) is 3.89. The zero-order valence-electron chi connectivity index (χ0n) is 16.4. The number of carbonyl (C=O) groups excluding carboxylic acids is 1. The number of hydrogen-bond acceptors (Lipinski definition) is 5. The van der Waals surface area contributed by atoms with E-state index in [1.54, 1.807) is 54.6 Å². The van der Waals surface area contributed by atoms with Crippen LogP contribution in [-0.4, -0.2) is 21.8 Å². The second-order valence-corrected chi connectivity index (χ2v) is 6.55. The van der Waals surface area contributed by atoms with E-state index in [2.05, 4.69) is 10.1 Å². The molecular formula is C24H19N3O3. The molecule has 0 amide bonds. The molecule has 0 aliphatic rings. The van der Waals surface area contributed by atoms with Gasteiger partial charge in [-0.3, -0.25) is 4.79 Å². The third-order valence-corrected chi connectivity index (χ3v) is 4.58. The van der Waals surface area contributed by atoms with E-state index in [9.17, 15) is 9.59 Å². The third-order valence-electron chi connectivity index (χ3n) is 4.58. The van der Waals surface area contributed by atoms with Gasteiger partial charge < -0.3 is 4.74 Å². The van der Waals surface area contributed by atoms with Crippen molar-refractivity contribution in [2.24, 2.45) is 5.10 Å². The zero-order chi connectivity index (χ0) is 20.9. The molecule has 0 atom stereocenters. The number of rotatable bonds is 5. The van der Waals surface area contributed by atoms with Crippen LogP contribution in [0, 0.1) is 0 Å². The Hall–Kier alpha value is -4.06. The minimum atomic E-state index is -0.463. The van der Waals surface area contributed by atoms with E-state index in [4.69, 9.17) is 4.74 Å². The summed E-state index contributed by atoms with van der Waals surface area (Å²) in [5.74, 6) is 0.443. The summed E-state index contributed by atoms with van der Waals surface area (Å²) in [6.45, 7) is 1.91. The minimum Gasteiger partial charge on any atom is -0.422 e. The molecule has 4 aromatic rings. The maximum atomic E-state index is 12.9. The van der Waals surface area contributed by atoms with Gasteiger partial charge in [0.25, 0.3) is 5.56 Å².